The maximum atomic E-state index is 8.95. The molecule has 2 N–H and O–H groups in total. The Bertz CT molecular complexity index is 320. The van der Waals surface area contributed by atoms with Crippen molar-refractivity contribution < 1.29 is 10.0 Å². The summed E-state index contributed by atoms with van der Waals surface area (Å²) in [6, 6.07) is 3.12. The normalized spacial score (nSPS) is 10.2. The summed E-state index contributed by atoms with van der Waals surface area (Å²) in [5, 5.41) is 18.7. The van der Waals surface area contributed by atoms with Gasteiger partial charge in [-0.1, -0.05) is 23.2 Å². The van der Waals surface area contributed by atoms with E-state index in [1.807, 2.05) is 6.26 Å². The lowest BCUT2D eigenvalue weighted by Gasteiger charge is -2.07. The van der Waals surface area contributed by atoms with Crippen molar-refractivity contribution in [1.82, 2.24) is 0 Å². The van der Waals surface area contributed by atoms with Gasteiger partial charge in [-0.25, -0.2) is 0 Å². The first kappa shape index (κ1) is 11.2. The molecule has 0 unspecified atom stereocenters. The van der Waals surface area contributed by atoms with Gasteiger partial charge in [-0.05, 0) is 18.4 Å². The van der Waals surface area contributed by atoms with E-state index in [1.165, 1.54) is 17.8 Å². The van der Waals surface area contributed by atoms with E-state index in [2.05, 4.69) is 0 Å². The van der Waals surface area contributed by atoms with Gasteiger partial charge in [0.2, 0.25) is 0 Å². The fourth-order valence-corrected chi connectivity index (χ4v) is 2.19. The maximum absolute atomic E-state index is 8.95. The van der Waals surface area contributed by atoms with E-state index in [0.29, 0.717) is 10.0 Å². The summed E-state index contributed by atoms with van der Waals surface area (Å²) in [7, 11) is -1.59. The zero-order chi connectivity index (χ0) is 10.0. The average molecular weight is 237 g/mol. The molecule has 0 fully saturated rings. The zero-order valence-electron chi connectivity index (χ0n) is 6.79. The fraction of sp³-hybridized carbons (Fsp3) is 0.143. The quantitative estimate of drug-likeness (QED) is 0.603. The number of hydrogen-bond acceptors (Lipinski definition) is 3. The molecule has 2 nitrogen and oxygen atoms in total. The molecule has 0 heterocycles. The molecular weight excluding hydrogens is 230 g/mol. The van der Waals surface area contributed by atoms with E-state index < -0.39 is 7.12 Å². The van der Waals surface area contributed by atoms with Gasteiger partial charge in [-0.2, -0.15) is 0 Å². The summed E-state index contributed by atoms with van der Waals surface area (Å²) >= 11 is 13.0. The van der Waals surface area contributed by atoms with E-state index in [-0.39, 0.29) is 5.46 Å². The Labute approximate surface area is 91.0 Å². The van der Waals surface area contributed by atoms with E-state index in [1.54, 1.807) is 6.07 Å². The predicted molar refractivity (Wildman–Crippen MR) is 58.1 cm³/mol. The maximum Gasteiger partial charge on any atom is 0.490 e. The van der Waals surface area contributed by atoms with Crippen molar-refractivity contribution in [3.05, 3.63) is 22.2 Å². The van der Waals surface area contributed by atoms with Crippen LogP contribution in [0.15, 0.2) is 17.0 Å². The molecule has 0 aliphatic carbocycles. The molecule has 0 saturated carbocycles. The number of hydrogen-bond donors (Lipinski definition) is 2. The second-order valence-electron chi connectivity index (χ2n) is 2.38. The lowest BCUT2D eigenvalue weighted by Crippen LogP contribution is -2.31. The molecule has 0 bridgehead atoms. The zero-order valence-corrected chi connectivity index (χ0v) is 9.12. The molecular formula is C7H7BCl2O2S. The topological polar surface area (TPSA) is 40.5 Å². The predicted octanol–water partition coefficient (Wildman–Crippen LogP) is 1.40. The lowest BCUT2D eigenvalue weighted by atomic mass is 9.80. The molecule has 1 rings (SSSR count). The molecule has 0 spiro atoms. The summed E-state index contributed by atoms with van der Waals surface area (Å²) in [6.45, 7) is 0. The third-order valence-electron chi connectivity index (χ3n) is 1.53. The van der Waals surface area contributed by atoms with Crippen LogP contribution in [0.2, 0.25) is 10.0 Å². The van der Waals surface area contributed by atoms with Crippen molar-refractivity contribution in [2.75, 3.05) is 6.26 Å². The number of halogens is 2. The van der Waals surface area contributed by atoms with Gasteiger partial charge in [-0.3, -0.25) is 0 Å². The smallest absolute Gasteiger partial charge is 0.423 e. The molecule has 70 valence electrons. The third kappa shape index (κ3) is 2.54. The van der Waals surface area contributed by atoms with E-state index in [0.717, 1.165) is 4.90 Å². The summed E-state index contributed by atoms with van der Waals surface area (Å²) < 4.78 is 0. The van der Waals surface area contributed by atoms with Gasteiger partial charge in [0, 0.05) is 15.4 Å². The first-order valence-electron chi connectivity index (χ1n) is 3.45. The summed E-state index contributed by atoms with van der Waals surface area (Å²) in [6.07, 6.45) is 1.84. The highest BCUT2D eigenvalue weighted by molar-refractivity contribution is 7.98. The Kier molecular flexibility index (Phi) is 3.95. The molecule has 6 heteroatoms. The molecule has 0 aromatic heterocycles. The second-order valence-corrected chi connectivity index (χ2v) is 4.05. The van der Waals surface area contributed by atoms with Gasteiger partial charge < -0.3 is 10.0 Å². The minimum Gasteiger partial charge on any atom is -0.423 e. The summed E-state index contributed by atoms with van der Waals surface area (Å²) in [4.78, 5) is 0.734. The van der Waals surface area contributed by atoms with Crippen LogP contribution in [-0.4, -0.2) is 23.4 Å². The van der Waals surface area contributed by atoms with Crippen LogP contribution < -0.4 is 5.46 Å². The Hall–Kier alpha value is 0.135. The Morgan fingerprint density at radius 1 is 1.31 bits per heavy atom. The Balaban J connectivity index is 3.27. The van der Waals surface area contributed by atoms with Gasteiger partial charge >= 0.3 is 7.12 Å². The minimum absolute atomic E-state index is 0.235. The first-order valence-corrected chi connectivity index (χ1v) is 5.43. The largest absolute Gasteiger partial charge is 0.490 e. The van der Waals surface area contributed by atoms with Gasteiger partial charge in [0.1, 0.15) is 0 Å². The highest BCUT2D eigenvalue weighted by Crippen LogP contribution is 2.26. The lowest BCUT2D eigenvalue weighted by molar-refractivity contribution is 0.425. The average Bonchev–Trinajstić information content (AvgIpc) is 2.08. The van der Waals surface area contributed by atoms with Crippen LogP contribution in [0.1, 0.15) is 0 Å². The highest BCUT2D eigenvalue weighted by atomic mass is 35.5. The molecule has 1 aromatic carbocycles. The van der Waals surface area contributed by atoms with Crippen molar-refractivity contribution in [3.63, 3.8) is 0 Å². The third-order valence-corrected chi connectivity index (χ3v) is 3.04. The van der Waals surface area contributed by atoms with Crippen LogP contribution in [-0.2, 0) is 0 Å². The SMILES string of the molecule is CSc1cc(Cl)cc(B(O)O)c1Cl. The molecule has 0 aliphatic heterocycles. The highest BCUT2D eigenvalue weighted by Gasteiger charge is 2.18. The van der Waals surface area contributed by atoms with Crippen LogP contribution in [0.4, 0.5) is 0 Å². The van der Waals surface area contributed by atoms with Crippen molar-refractivity contribution in [2.24, 2.45) is 0 Å². The van der Waals surface area contributed by atoms with E-state index in [4.69, 9.17) is 33.2 Å². The first-order chi connectivity index (χ1) is 6.06. The van der Waals surface area contributed by atoms with Gasteiger partial charge in [0.05, 0.1) is 5.02 Å². The summed E-state index contributed by atoms with van der Waals surface area (Å²) in [5.41, 5.74) is 0.235. The van der Waals surface area contributed by atoms with Crippen LogP contribution in [0.5, 0.6) is 0 Å². The van der Waals surface area contributed by atoms with E-state index in [9.17, 15) is 0 Å². The van der Waals surface area contributed by atoms with Gasteiger partial charge in [0.25, 0.3) is 0 Å². The number of rotatable bonds is 2. The van der Waals surface area contributed by atoms with E-state index >= 15 is 0 Å². The van der Waals surface area contributed by atoms with Crippen LogP contribution >= 0.6 is 35.0 Å². The monoisotopic (exact) mass is 236 g/mol. The van der Waals surface area contributed by atoms with Crippen LogP contribution in [0.25, 0.3) is 0 Å². The Morgan fingerprint density at radius 3 is 2.38 bits per heavy atom. The van der Waals surface area contributed by atoms with Crippen molar-refractivity contribution in [3.8, 4) is 0 Å². The summed E-state index contributed by atoms with van der Waals surface area (Å²) in [5.74, 6) is 0. The van der Waals surface area contributed by atoms with Crippen molar-refractivity contribution >= 4 is 47.5 Å². The molecule has 0 amide bonds. The Morgan fingerprint density at radius 2 is 1.92 bits per heavy atom. The van der Waals surface area contributed by atoms with Crippen LogP contribution in [0.3, 0.4) is 0 Å². The second kappa shape index (κ2) is 4.57. The molecule has 13 heavy (non-hydrogen) atoms. The number of benzene rings is 1. The van der Waals surface area contributed by atoms with Gasteiger partial charge in [0.15, 0.2) is 0 Å². The molecule has 0 atom stereocenters. The molecule has 0 radical (unpaired) electrons. The van der Waals surface area contributed by atoms with Crippen molar-refractivity contribution in [2.45, 2.75) is 4.90 Å². The standard InChI is InChI=1S/C7H7BCl2O2S/c1-13-6-3-4(9)2-5(7(6)10)8(11)12/h2-3,11-12H,1H3. The molecule has 0 saturated heterocycles. The van der Waals surface area contributed by atoms with Crippen LogP contribution in [0, 0.1) is 0 Å². The van der Waals surface area contributed by atoms with Gasteiger partial charge in [-0.15, -0.1) is 11.8 Å². The number of thioether (sulfide) groups is 1. The van der Waals surface area contributed by atoms with Crippen molar-refractivity contribution in [1.29, 1.82) is 0 Å². The minimum atomic E-state index is -1.59. The molecule has 0 aliphatic rings. The molecule has 1 aromatic rings. The fourth-order valence-electron chi connectivity index (χ4n) is 0.921.